The highest BCUT2D eigenvalue weighted by Gasteiger charge is 2.44. The third kappa shape index (κ3) is 12.8. The Balaban J connectivity index is 5.44. The summed E-state index contributed by atoms with van der Waals surface area (Å²) in [5.41, 5.74) is 0. The molecule has 0 fully saturated rings. The summed E-state index contributed by atoms with van der Waals surface area (Å²) in [5.74, 6) is 0.820. The van der Waals surface area contributed by atoms with Crippen LogP contribution in [0, 0.1) is 11.8 Å². The predicted molar refractivity (Wildman–Crippen MR) is 144 cm³/mol. The minimum atomic E-state index is -2.66. The molecule has 0 N–H and O–H groups in total. The highest BCUT2D eigenvalue weighted by Crippen LogP contribution is 2.27. The van der Waals surface area contributed by atoms with Crippen molar-refractivity contribution in [3.05, 3.63) is 0 Å². The number of rotatable bonds is 21. The van der Waals surface area contributed by atoms with Crippen molar-refractivity contribution in [2.75, 3.05) is 52.7 Å². The van der Waals surface area contributed by atoms with Crippen molar-refractivity contribution < 1.29 is 26.6 Å². The van der Waals surface area contributed by atoms with E-state index in [0.717, 1.165) is 25.2 Å². The third-order valence-electron chi connectivity index (χ3n) is 5.40. The summed E-state index contributed by atoms with van der Waals surface area (Å²) in [7, 11) is -6.87. The number of nitrogens with zero attached hydrogens (tertiary/aromatic N) is 1. The van der Waals surface area contributed by atoms with Crippen LogP contribution < -0.4 is 0 Å². The number of hydrogen-bond donors (Lipinski definition) is 0. The van der Waals surface area contributed by atoms with E-state index in [2.05, 4.69) is 38.1 Å². The van der Waals surface area contributed by atoms with Crippen molar-refractivity contribution in [3.63, 3.8) is 0 Å². The van der Waals surface area contributed by atoms with E-state index in [1.165, 1.54) is 0 Å². The smallest absolute Gasteiger partial charge is 0.374 e. The lowest BCUT2D eigenvalue weighted by Gasteiger charge is -2.40. The molecule has 0 aliphatic rings. The predicted octanol–water partition coefficient (Wildman–Crippen LogP) is 5.49. The van der Waals surface area contributed by atoms with E-state index in [-0.39, 0.29) is 0 Å². The highest BCUT2D eigenvalue weighted by atomic mass is 28.4. The Hall–Kier alpha value is 0.371. The molecule has 0 saturated heterocycles. The average Bonchev–Trinajstić information content (AvgIpc) is 2.67. The van der Waals surface area contributed by atoms with E-state index in [4.69, 9.17) is 26.6 Å². The van der Waals surface area contributed by atoms with Gasteiger partial charge in [-0.2, -0.15) is 0 Å². The topological polar surface area (TPSA) is 58.6 Å². The lowest BCUT2D eigenvalue weighted by Crippen LogP contribution is -2.54. The summed E-state index contributed by atoms with van der Waals surface area (Å²) in [6, 6.07) is 1.68. The highest BCUT2D eigenvalue weighted by molar-refractivity contribution is 6.73. The molecule has 0 rings (SSSR count). The fourth-order valence-electron chi connectivity index (χ4n) is 4.28. The molecule has 0 heterocycles. The second-order valence-electron chi connectivity index (χ2n) is 9.66. The lowest BCUT2D eigenvalue weighted by atomic mass is 10.2. The minimum absolute atomic E-state index is 0.410. The van der Waals surface area contributed by atoms with Gasteiger partial charge in [0.1, 0.15) is 8.24 Å². The van der Waals surface area contributed by atoms with Gasteiger partial charge in [0.05, 0.1) is 0 Å². The van der Waals surface area contributed by atoms with E-state index in [1.807, 2.05) is 41.5 Å². The van der Waals surface area contributed by atoms with Crippen molar-refractivity contribution in [2.24, 2.45) is 11.8 Å². The average molecular weight is 526 g/mol. The molecule has 2 unspecified atom stereocenters. The zero-order valence-corrected chi connectivity index (χ0v) is 26.6. The minimum Gasteiger partial charge on any atom is -0.374 e. The Kier molecular flexibility index (Phi) is 17.1. The van der Waals surface area contributed by atoms with Gasteiger partial charge in [0.2, 0.25) is 0 Å². The summed E-state index contributed by atoms with van der Waals surface area (Å²) in [6.07, 6.45) is 0. The Morgan fingerprint density at radius 2 is 0.758 bits per heavy atom. The molecule has 0 aliphatic heterocycles. The van der Waals surface area contributed by atoms with Gasteiger partial charge in [-0.25, -0.2) is 0 Å². The van der Waals surface area contributed by atoms with Gasteiger partial charge in [-0.3, -0.25) is 0 Å². The van der Waals surface area contributed by atoms with Gasteiger partial charge in [-0.05, 0) is 66.5 Å². The van der Waals surface area contributed by atoms with E-state index >= 15 is 0 Å². The molecule has 0 aromatic carbocycles. The molecule has 0 bridgehead atoms. The van der Waals surface area contributed by atoms with Crippen LogP contribution >= 0.6 is 0 Å². The summed E-state index contributed by atoms with van der Waals surface area (Å²) in [6.45, 7) is 29.7. The molecule has 0 amide bonds. The van der Waals surface area contributed by atoms with E-state index in [0.29, 0.717) is 51.5 Å². The Morgan fingerprint density at radius 1 is 0.515 bits per heavy atom. The normalized spacial score (nSPS) is 15.3. The fourth-order valence-corrected chi connectivity index (χ4v) is 11.8. The molecular formula is C23H55NO6Si3. The van der Waals surface area contributed by atoms with E-state index < -0.39 is 25.8 Å². The first kappa shape index (κ1) is 33.4. The maximum atomic E-state index is 6.12. The second-order valence-corrected chi connectivity index (χ2v) is 19.9. The zero-order valence-electron chi connectivity index (χ0n) is 23.6. The van der Waals surface area contributed by atoms with Crippen LogP contribution in [0.1, 0.15) is 55.4 Å². The molecule has 0 radical (unpaired) electrons. The molecule has 7 nitrogen and oxygen atoms in total. The van der Waals surface area contributed by atoms with Crippen LogP contribution in [-0.4, -0.2) is 83.1 Å². The monoisotopic (exact) mass is 525 g/mol. The number of hydrogen-bond acceptors (Lipinski definition) is 7. The maximum Gasteiger partial charge on any atom is 0.501 e. The van der Waals surface area contributed by atoms with Crippen molar-refractivity contribution in [3.8, 4) is 0 Å². The first-order valence-electron chi connectivity index (χ1n) is 13.1. The molecule has 0 saturated carbocycles. The molecule has 200 valence electrons. The fraction of sp³-hybridized carbons (Fsp3) is 1.00. The molecular weight excluding hydrogens is 471 g/mol. The Morgan fingerprint density at radius 3 is 0.939 bits per heavy atom. The summed E-state index contributed by atoms with van der Waals surface area (Å²) >= 11 is 0. The van der Waals surface area contributed by atoms with Crippen LogP contribution in [0.25, 0.3) is 0 Å². The van der Waals surface area contributed by atoms with Gasteiger partial charge in [0.25, 0.3) is 0 Å². The first-order chi connectivity index (χ1) is 15.5. The lowest BCUT2D eigenvalue weighted by molar-refractivity contribution is 0.0655. The zero-order chi connectivity index (χ0) is 25.5. The van der Waals surface area contributed by atoms with Crippen molar-refractivity contribution >= 4 is 25.8 Å². The molecule has 0 aliphatic carbocycles. The SMILES string of the molecule is CCO[Si](CC(C)CN(CC(C)C[Si](OCC)(OCC)OCC)[Si](C)(C)C)(OCC)OCC. The molecule has 33 heavy (non-hydrogen) atoms. The molecule has 0 aromatic heterocycles. The van der Waals surface area contributed by atoms with Crippen LogP contribution in [0.5, 0.6) is 0 Å². The van der Waals surface area contributed by atoms with Gasteiger partial charge in [-0.1, -0.05) is 33.5 Å². The van der Waals surface area contributed by atoms with Crippen LogP contribution in [0.2, 0.25) is 31.7 Å². The quantitative estimate of drug-likeness (QED) is 0.184. The summed E-state index contributed by atoms with van der Waals surface area (Å²) in [5, 5.41) is 0. The van der Waals surface area contributed by atoms with Crippen LogP contribution in [0.3, 0.4) is 0 Å². The van der Waals surface area contributed by atoms with Crippen LogP contribution in [-0.2, 0) is 26.6 Å². The second kappa shape index (κ2) is 16.9. The van der Waals surface area contributed by atoms with E-state index in [9.17, 15) is 0 Å². The van der Waals surface area contributed by atoms with E-state index in [1.54, 1.807) is 0 Å². The standard InChI is InChI=1S/C23H55NO6Si3/c1-12-25-32(26-13-2,27-14-3)20-22(7)18-24(31(9,10)11)19-23(8)21-33(28-15-4,29-16-5)30-17-6/h22-23H,12-21H2,1-11H3. The van der Waals surface area contributed by atoms with Crippen molar-refractivity contribution in [1.82, 2.24) is 4.57 Å². The van der Waals surface area contributed by atoms with Gasteiger partial charge in [0, 0.05) is 51.7 Å². The van der Waals surface area contributed by atoms with Crippen molar-refractivity contribution in [2.45, 2.75) is 87.1 Å². The summed E-state index contributed by atoms with van der Waals surface area (Å²) < 4.78 is 39.4. The van der Waals surface area contributed by atoms with Gasteiger partial charge in [-0.15, -0.1) is 0 Å². The summed E-state index contributed by atoms with van der Waals surface area (Å²) in [4.78, 5) is 0. The van der Waals surface area contributed by atoms with Crippen LogP contribution in [0.15, 0.2) is 0 Å². The van der Waals surface area contributed by atoms with Gasteiger partial charge >= 0.3 is 17.6 Å². The Bertz CT molecular complexity index is 425. The van der Waals surface area contributed by atoms with Gasteiger partial charge in [0.15, 0.2) is 0 Å². The molecule has 2 atom stereocenters. The van der Waals surface area contributed by atoms with Gasteiger partial charge < -0.3 is 31.1 Å². The molecule has 10 heteroatoms. The molecule has 0 spiro atoms. The van der Waals surface area contributed by atoms with Crippen LogP contribution in [0.4, 0.5) is 0 Å². The first-order valence-corrected chi connectivity index (χ1v) is 20.4. The molecule has 0 aromatic rings. The Labute approximate surface area is 208 Å². The largest absolute Gasteiger partial charge is 0.501 e. The third-order valence-corrected chi connectivity index (χ3v) is 14.4. The maximum absolute atomic E-state index is 6.12. The van der Waals surface area contributed by atoms with Crippen molar-refractivity contribution in [1.29, 1.82) is 0 Å².